The summed E-state index contributed by atoms with van der Waals surface area (Å²) in [7, 11) is 1.74. The van der Waals surface area contributed by atoms with E-state index in [9.17, 15) is 13.2 Å². The van der Waals surface area contributed by atoms with E-state index in [1.807, 2.05) is 12.3 Å². The lowest BCUT2D eigenvalue weighted by Crippen LogP contribution is -2.42. The van der Waals surface area contributed by atoms with Gasteiger partial charge in [0.15, 0.2) is 5.96 Å². The van der Waals surface area contributed by atoms with Gasteiger partial charge in [-0.3, -0.25) is 14.9 Å². The fourth-order valence-electron chi connectivity index (χ4n) is 3.40. The zero-order valence-electron chi connectivity index (χ0n) is 16.6. The Morgan fingerprint density at radius 2 is 1.93 bits per heavy atom. The number of halogens is 4. The minimum Gasteiger partial charge on any atom is -0.356 e. The van der Waals surface area contributed by atoms with Gasteiger partial charge in [0.05, 0.1) is 6.54 Å². The number of hydrogen-bond donors (Lipinski definition) is 2. The molecule has 0 saturated carbocycles. The molecule has 2 N–H and O–H groups in total. The summed E-state index contributed by atoms with van der Waals surface area (Å²) in [5.41, 5.74) is 2.44. The lowest BCUT2D eigenvalue weighted by molar-refractivity contribution is -0.148. The molecule has 1 fully saturated rings. The number of piperidine rings is 1. The number of nitrogens with one attached hydrogen (secondary N) is 2. The largest absolute Gasteiger partial charge is 0.401 e. The van der Waals surface area contributed by atoms with Gasteiger partial charge in [0, 0.05) is 32.5 Å². The Labute approximate surface area is 182 Å². The van der Waals surface area contributed by atoms with Crippen molar-refractivity contribution in [2.24, 2.45) is 10.9 Å². The number of aromatic nitrogens is 1. The van der Waals surface area contributed by atoms with Crippen molar-refractivity contribution in [2.45, 2.75) is 38.8 Å². The Morgan fingerprint density at radius 3 is 2.54 bits per heavy atom. The highest BCUT2D eigenvalue weighted by atomic mass is 127. The summed E-state index contributed by atoms with van der Waals surface area (Å²) in [5.74, 6) is 1.23. The van der Waals surface area contributed by atoms with Crippen LogP contribution in [0, 0.1) is 12.8 Å². The molecule has 1 aliphatic rings. The lowest BCUT2D eigenvalue weighted by Gasteiger charge is -2.32. The Hall–Kier alpha value is -1.10. The molecule has 2 rings (SSSR count). The summed E-state index contributed by atoms with van der Waals surface area (Å²) in [6.07, 6.45) is 3.06. The minimum atomic E-state index is -4.10. The van der Waals surface area contributed by atoms with Crippen LogP contribution in [-0.4, -0.2) is 61.8 Å². The molecule has 0 aliphatic carbocycles. The van der Waals surface area contributed by atoms with Gasteiger partial charge < -0.3 is 10.6 Å². The Bertz CT molecular complexity index is 601. The first kappa shape index (κ1) is 24.9. The summed E-state index contributed by atoms with van der Waals surface area (Å²) in [4.78, 5) is 9.83. The van der Waals surface area contributed by atoms with Crippen LogP contribution in [0.3, 0.4) is 0 Å². The first-order chi connectivity index (χ1) is 12.9. The van der Waals surface area contributed by atoms with Crippen LogP contribution in [0.2, 0.25) is 0 Å². The van der Waals surface area contributed by atoms with Crippen molar-refractivity contribution in [3.8, 4) is 0 Å². The summed E-state index contributed by atoms with van der Waals surface area (Å²) in [6.45, 7) is 3.88. The van der Waals surface area contributed by atoms with Crippen LogP contribution in [-0.2, 0) is 6.42 Å². The summed E-state index contributed by atoms with van der Waals surface area (Å²) >= 11 is 0. The van der Waals surface area contributed by atoms with Crippen LogP contribution in [0.1, 0.15) is 30.4 Å². The third kappa shape index (κ3) is 9.40. The summed E-state index contributed by atoms with van der Waals surface area (Å²) in [6, 6.07) is 2.03. The predicted molar refractivity (Wildman–Crippen MR) is 117 cm³/mol. The number of guanidine groups is 1. The molecule has 0 aromatic carbocycles. The predicted octanol–water partition coefficient (Wildman–Crippen LogP) is 3.38. The van der Waals surface area contributed by atoms with Crippen LogP contribution < -0.4 is 10.6 Å². The van der Waals surface area contributed by atoms with Crippen LogP contribution in [0.15, 0.2) is 23.5 Å². The second-order valence-electron chi connectivity index (χ2n) is 7.10. The lowest BCUT2D eigenvalue weighted by atomic mass is 9.93. The van der Waals surface area contributed by atoms with Gasteiger partial charge in [-0.15, -0.1) is 24.0 Å². The monoisotopic (exact) mass is 513 g/mol. The van der Waals surface area contributed by atoms with Crippen LogP contribution in [0.4, 0.5) is 13.2 Å². The molecule has 0 bridgehead atoms. The fraction of sp³-hybridized carbons (Fsp3) is 0.684. The smallest absolute Gasteiger partial charge is 0.356 e. The van der Waals surface area contributed by atoms with E-state index in [0.29, 0.717) is 19.0 Å². The molecular weight excluding hydrogens is 482 g/mol. The maximum absolute atomic E-state index is 12.4. The Balaban J connectivity index is 0.00000392. The average molecular weight is 513 g/mol. The first-order valence-corrected chi connectivity index (χ1v) is 9.50. The topological polar surface area (TPSA) is 52.6 Å². The van der Waals surface area contributed by atoms with E-state index in [4.69, 9.17) is 0 Å². The molecule has 1 saturated heterocycles. The molecule has 1 aliphatic heterocycles. The highest BCUT2D eigenvalue weighted by Gasteiger charge is 2.32. The summed E-state index contributed by atoms with van der Waals surface area (Å²) in [5, 5.41) is 6.60. The number of aryl methyl sites for hydroxylation is 1. The molecule has 0 amide bonds. The van der Waals surface area contributed by atoms with Crippen molar-refractivity contribution in [3.63, 3.8) is 0 Å². The molecule has 160 valence electrons. The van der Waals surface area contributed by atoms with Crippen LogP contribution >= 0.6 is 24.0 Å². The van der Waals surface area contributed by atoms with E-state index in [0.717, 1.165) is 44.7 Å². The molecule has 0 spiro atoms. The van der Waals surface area contributed by atoms with E-state index in [1.54, 1.807) is 13.2 Å². The fourth-order valence-corrected chi connectivity index (χ4v) is 3.40. The van der Waals surface area contributed by atoms with Crippen LogP contribution in [0.25, 0.3) is 0 Å². The zero-order valence-corrected chi connectivity index (χ0v) is 18.9. The van der Waals surface area contributed by atoms with Gasteiger partial charge in [-0.25, -0.2) is 0 Å². The standard InChI is InChI=1S/C19H30F3N5.HI/c1-15-13-24-8-4-17(15)5-10-26-18(23-2)25-9-3-16-6-11-27(12-7-16)14-19(20,21)22;/h4,8,13,16H,3,5-7,9-12,14H2,1-2H3,(H2,23,25,26);1H. The third-order valence-electron chi connectivity index (χ3n) is 5.00. The highest BCUT2D eigenvalue weighted by molar-refractivity contribution is 14.0. The van der Waals surface area contributed by atoms with Gasteiger partial charge >= 0.3 is 6.18 Å². The minimum absolute atomic E-state index is 0. The second kappa shape index (κ2) is 12.5. The molecule has 5 nitrogen and oxygen atoms in total. The van der Waals surface area contributed by atoms with E-state index in [-0.39, 0.29) is 24.0 Å². The Kier molecular flexibility index (Phi) is 11.1. The number of alkyl halides is 3. The molecule has 0 unspecified atom stereocenters. The van der Waals surface area contributed by atoms with Crippen molar-refractivity contribution in [1.82, 2.24) is 20.5 Å². The number of likely N-dealkylation sites (tertiary alicyclic amines) is 1. The van der Waals surface area contributed by atoms with E-state index in [1.165, 1.54) is 16.0 Å². The molecule has 1 aromatic rings. The molecule has 2 heterocycles. The van der Waals surface area contributed by atoms with Crippen molar-refractivity contribution in [2.75, 3.05) is 39.8 Å². The molecule has 0 atom stereocenters. The maximum atomic E-state index is 12.4. The maximum Gasteiger partial charge on any atom is 0.401 e. The second-order valence-corrected chi connectivity index (χ2v) is 7.10. The molecule has 1 aromatic heterocycles. The van der Waals surface area contributed by atoms with Gasteiger partial charge in [-0.1, -0.05) is 0 Å². The van der Waals surface area contributed by atoms with E-state index >= 15 is 0 Å². The molecule has 0 radical (unpaired) electrons. The number of pyridine rings is 1. The van der Waals surface area contributed by atoms with Gasteiger partial charge in [0.1, 0.15) is 0 Å². The third-order valence-corrected chi connectivity index (χ3v) is 5.00. The van der Waals surface area contributed by atoms with E-state index < -0.39 is 12.7 Å². The molecule has 28 heavy (non-hydrogen) atoms. The van der Waals surface area contributed by atoms with Gasteiger partial charge in [0.25, 0.3) is 0 Å². The van der Waals surface area contributed by atoms with Crippen molar-refractivity contribution in [1.29, 1.82) is 0 Å². The SMILES string of the molecule is CN=C(NCCc1ccncc1C)NCCC1CCN(CC(F)(F)F)CC1.I. The van der Waals surface area contributed by atoms with Gasteiger partial charge in [-0.2, -0.15) is 13.2 Å². The quantitative estimate of drug-likeness (QED) is 0.334. The van der Waals surface area contributed by atoms with Crippen LogP contribution in [0.5, 0.6) is 0 Å². The van der Waals surface area contributed by atoms with Gasteiger partial charge in [0.2, 0.25) is 0 Å². The number of nitrogens with zero attached hydrogens (tertiary/aromatic N) is 3. The van der Waals surface area contributed by atoms with Crippen molar-refractivity contribution < 1.29 is 13.2 Å². The van der Waals surface area contributed by atoms with Gasteiger partial charge in [-0.05, 0) is 68.8 Å². The number of rotatable bonds is 7. The number of hydrogen-bond acceptors (Lipinski definition) is 3. The zero-order chi connectivity index (χ0) is 19.7. The highest BCUT2D eigenvalue weighted by Crippen LogP contribution is 2.23. The van der Waals surface area contributed by atoms with E-state index in [2.05, 4.69) is 27.5 Å². The van der Waals surface area contributed by atoms with Crippen molar-refractivity contribution >= 4 is 29.9 Å². The molecule has 9 heteroatoms. The number of aliphatic imine (C=N–C) groups is 1. The summed E-state index contributed by atoms with van der Waals surface area (Å²) < 4.78 is 37.3. The van der Waals surface area contributed by atoms with Crippen molar-refractivity contribution in [3.05, 3.63) is 29.6 Å². The average Bonchev–Trinajstić information content (AvgIpc) is 2.62. The Morgan fingerprint density at radius 1 is 1.25 bits per heavy atom. The normalized spacial score (nSPS) is 16.5. The first-order valence-electron chi connectivity index (χ1n) is 9.50. The molecular formula is C19H31F3IN5.